The molecule has 216 valence electrons. The molecule has 2 aliphatic rings. The second-order valence-electron chi connectivity index (χ2n) is 10.5. The van der Waals surface area contributed by atoms with Crippen molar-refractivity contribution in [1.82, 2.24) is 4.90 Å². The maximum absolute atomic E-state index is 16.4. The molecular weight excluding hydrogens is 572 g/mol. The van der Waals surface area contributed by atoms with Crippen LogP contribution in [0.4, 0.5) is 4.39 Å². The fourth-order valence-electron chi connectivity index (χ4n) is 6.06. The SMILES string of the molecule is CO[C@]1(c2ccc(Cl)cc2)c2c(F)cc([C@@H](O)C3CCOCC3)cc2C(=O)N1[C@H](c1ccc(Cl)cc1)[C@H](C)C(=O)O. The lowest BCUT2D eigenvalue weighted by molar-refractivity contribution is -0.149. The molecule has 7 nitrogen and oxygen atoms in total. The van der Waals surface area contributed by atoms with Gasteiger partial charge in [-0.15, -0.1) is 0 Å². The van der Waals surface area contributed by atoms with Crippen LogP contribution in [-0.2, 0) is 20.0 Å². The minimum absolute atomic E-state index is 0.0144. The van der Waals surface area contributed by atoms with Gasteiger partial charge in [-0.25, -0.2) is 4.39 Å². The van der Waals surface area contributed by atoms with Crippen LogP contribution in [0.2, 0.25) is 10.0 Å². The highest BCUT2D eigenvalue weighted by molar-refractivity contribution is 6.30. The quantitative estimate of drug-likeness (QED) is 0.312. The monoisotopic (exact) mass is 601 g/mol. The number of carbonyl (C=O) groups is 2. The summed E-state index contributed by atoms with van der Waals surface area (Å²) < 4.78 is 27.9. The Bertz CT molecular complexity index is 1440. The second kappa shape index (κ2) is 11.7. The van der Waals surface area contributed by atoms with Gasteiger partial charge in [-0.3, -0.25) is 14.5 Å². The number of aliphatic hydroxyl groups is 1. The lowest BCUT2D eigenvalue weighted by atomic mass is 9.85. The number of halogens is 3. The average molecular weight is 602 g/mol. The van der Waals surface area contributed by atoms with Crippen LogP contribution in [0.15, 0.2) is 60.7 Å². The Morgan fingerprint density at radius 3 is 2.20 bits per heavy atom. The van der Waals surface area contributed by atoms with Crippen molar-refractivity contribution in [2.75, 3.05) is 20.3 Å². The van der Waals surface area contributed by atoms with Gasteiger partial charge in [0.2, 0.25) is 0 Å². The van der Waals surface area contributed by atoms with Crippen LogP contribution in [0.3, 0.4) is 0 Å². The van der Waals surface area contributed by atoms with Gasteiger partial charge < -0.3 is 19.7 Å². The van der Waals surface area contributed by atoms with Crippen LogP contribution in [0, 0.1) is 17.7 Å². The summed E-state index contributed by atoms with van der Waals surface area (Å²) in [7, 11) is 1.35. The Labute approximate surface area is 247 Å². The van der Waals surface area contributed by atoms with Crippen LogP contribution >= 0.6 is 23.2 Å². The highest BCUT2D eigenvalue weighted by Gasteiger charge is 2.58. The van der Waals surface area contributed by atoms with E-state index < -0.39 is 41.5 Å². The van der Waals surface area contributed by atoms with E-state index in [9.17, 15) is 19.8 Å². The van der Waals surface area contributed by atoms with Gasteiger partial charge in [0, 0.05) is 35.9 Å². The van der Waals surface area contributed by atoms with Crippen LogP contribution in [0.1, 0.15) is 64.5 Å². The number of methoxy groups -OCH3 is 1. The molecule has 1 fully saturated rings. The van der Waals surface area contributed by atoms with Crippen molar-refractivity contribution in [2.24, 2.45) is 11.8 Å². The Kier molecular flexibility index (Phi) is 8.41. The predicted molar refractivity (Wildman–Crippen MR) is 151 cm³/mol. The number of rotatable bonds is 8. The topological polar surface area (TPSA) is 96.3 Å². The van der Waals surface area contributed by atoms with Crippen molar-refractivity contribution in [1.29, 1.82) is 0 Å². The van der Waals surface area contributed by atoms with Crippen LogP contribution in [-0.4, -0.2) is 47.3 Å². The molecule has 3 aromatic rings. The van der Waals surface area contributed by atoms with E-state index in [1.54, 1.807) is 48.5 Å². The molecule has 1 amide bonds. The maximum atomic E-state index is 16.4. The van der Waals surface area contributed by atoms with Gasteiger partial charge in [0.1, 0.15) is 5.82 Å². The van der Waals surface area contributed by atoms with Crippen molar-refractivity contribution in [3.63, 3.8) is 0 Å². The third kappa shape index (κ3) is 5.13. The first-order valence-corrected chi connectivity index (χ1v) is 14.1. The molecular formula is C31H30Cl2FNO6. The minimum Gasteiger partial charge on any atom is -0.481 e. The molecule has 3 aromatic carbocycles. The molecule has 10 heteroatoms. The zero-order valence-electron chi connectivity index (χ0n) is 22.5. The number of carboxylic acid groups (broad SMARTS) is 1. The molecule has 2 aliphatic heterocycles. The minimum atomic E-state index is -1.85. The van der Waals surface area contributed by atoms with Crippen molar-refractivity contribution in [2.45, 2.75) is 37.6 Å². The van der Waals surface area contributed by atoms with Gasteiger partial charge in [0.25, 0.3) is 5.91 Å². The van der Waals surface area contributed by atoms with Crippen molar-refractivity contribution in [3.05, 3.63) is 104 Å². The lowest BCUT2D eigenvalue weighted by Gasteiger charge is -2.44. The molecule has 0 saturated carbocycles. The molecule has 0 radical (unpaired) electrons. The number of hydrogen-bond donors (Lipinski definition) is 2. The molecule has 2 N–H and O–H groups in total. The summed E-state index contributed by atoms with van der Waals surface area (Å²) >= 11 is 12.3. The zero-order valence-corrected chi connectivity index (χ0v) is 24.0. The van der Waals surface area contributed by atoms with Crippen LogP contribution in [0.25, 0.3) is 0 Å². The summed E-state index contributed by atoms with van der Waals surface area (Å²) in [6.45, 7) is 2.46. The second-order valence-corrected chi connectivity index (χ2v) is 11.3. The highest BCUT2D eigenvalue weighted by atomic mass is 35.5. The maximum Gasteiger partial charge on any atom is 0.308 e. The highest BCUT2D eigenvalue weighted by Crippen LogP contribution is 2.52. The first-order chi connectivity index (χ1) is 19.6. The number of fused-ring (bicyclic) bond motifs is 1. The smallest absolute Gasteiger partial charge is 0.308 e. The first kappa shape index (κ1) is 29.5. The number of ether oxygens (including phenoxy) is 2. The molecule has 0 aromatic heterocycles. The van der Waals surface area contributed by atoms with Crippen molar-refractivity contribution < 1.29 is 33.7 Å². The number of amides is 1. The number of benzene rings is 3. The molecule has 0 unspecified atom stereocenters. The Balaban J connectivity index is 1.76. The van der Waals surface area contributed by atoms with Crippen LogP contribution < -0.4 is 0 Å². The molecule has 5 rings (SSSR count). The molecule has 0 bridgehead atoms. The Morgan fingerprint density at radius 2 is 1.63 bits per heavy atom. The summed E-state index contributed by atoms with van der Waals surface area (Å²) in [6, 6.07) is 14.6. The number of aliphatic carboxylic acids is 1. The fourth-order valence-corrected chi connectivity index (χ4v) is 6.32. The lowest BCUT2D eigenvalue weighted by Crippen LogP contribution is -2.51. The third-order valence-electron chi connectivity index (χ3n) is 8.18. The summed E-state index contributed by atoms with van der Waals surface area (Å²) in [4.78, 5) is 28.2. The van der Waals surface area contributed by atoms with E-state index in [4.69, 9.17) is 32.7 Å². The summed E-state index contributed by atoms with van der Waals surface area (Å²) in [5.41, 5.74) is -0.810. The van der Waals surface area contributed by atoms with Gasteiger partial charge in [-0.05, 0) is 73.2 Å². The van der Waals surface area contributed by atoms with Crippen molar-refractivity contribution >= 4 is 35.1 Å². The van der Waals surface area contributed by atoms with E-state index in [2.05, 4.69) is 0 Å². The standard InChI is InChI=1S/C31H30Cl2FNO6/c1-17(30(38)39)27(18-3-7-22(32)8-4-18)35-29(37)24-15-20(28(36)19-11-13-41-14-12-19)16-25(34)26(24)31(35,40-2)21-5-9-23(33)10-6-21/h3-10,15-17,19,27-28,36H,11-14H2,1-2H3,(H,38,39)/t17-,27-,28-,31+/m0/s1. The van der Waals surface area contributed by atoms with Crippen molar-refractivity contribution in [3.8, 4) is 0 Å². The summed E-state index contributed by atoms with van der Waals surface area (Å²) in [6.07, 6.45) is 0.182. The summed E-state index contributed by atoms with van der Waals surface area (Å²) in [5, 5.41) is 22.2. The van der Waals surface area contributed by atoms with Gasteiger partial charge in [0.15, 0.2) is 5.72 Å². The van der Waals surface area contributed by atoms with Crippen LogP contribution in [0.5, 0.6) is 0 Å². The molecule has 1 saturated heterocycles. The van der Waals surface area contributed by atoms with E-state index in [0.29, 0.717) is 47.2 Å². The van der Waals surface area contributed by atoms with E-state index in [1.807, 2.05) is 0 Å². The van der Waals surface area contributed by atoms with E-state index >= 15 is 4.39 Å². The largest absolute Gasteiger partial charge is 0.481 e. The number of carboxylic acids is 1. The molecule has 0 spiro atoms. The Morgan fingerprint density at radius 1 is 1.05 bits per heavy atom. The Hall–Kier alpha value is -3.01. The van der Waals surface area contributed by atoms with E-state index in [-0.39, 0.29) is 22.6 Å². The first-order valence-electron chi connectivity index (χ1n) is 13.3. The van der Waals surface area contributed by atoms with Gasteiger partial charge >= 0.3 is 5.97 Å². The molecule has 41 heavy (non-hydrogen) atoms. The number of carbonyl (C=O) groups excluding carboxylic acids is 1. The summed E-state index contributed by atoms with van der Waals surface area (Å²) in [5.74, 6) is -3.84. The molecule has 4 atom stereocenters. The van der Waals surface area contributed by atoms with Gasteiger partial charge in [0.05, 0.1) is 29.2 Å². The molecule has 2 heterocycles. The third-order valence-corrected chi connectivity index (χ3v) is 8.68. The predicted octanol–water partition coefficient (Wildman–Crippen LogP) is 6.36. The number of aliphatic hydroxyl groups excluding tert-OH is 1. The fraction of sp³-hybridized carbons (Fsp3) is 0.355. The number of nitrogens with zero attached hydrogens (tertiary/aromatic N) is 1. The number of hydrogen-bond acceptors (Lipinski definition) is 5. The van der Waals surface area contributed by atoms with E-state index in [1.165, 1.54) is 31.1 Å². The molecule has 0 aliphatic carbocycles. The zero-order chi connectivity index (χ0) is 29.5. The average Bonchev–Trinajstić information content (AvgIpc) is 3.23. The normalized spacial score (nSPS) is 21.4. The van der Waals surface area contributed by atoms with Gasteiger partial charge in [-0.1, -0.05) is 47.5 Å². The van der Waals surface area contributed by atoms with Gasteiger partial charge in [-0.2, -0.15) is 0 Å². The van der Waals surface area contributed by atoms with E-state index in [0.717, 1.165) is 0 Å².